The Labute approximate surface area is 516 Å². The van der Waals surface area contributed by atoms with Crippen LogP contribution in [0, 0.1) is 0 Å². The lowest BCUT2D eigenvalue weighted by molar-refractivity contribution is -0.131. The summed E-state index contributed by atoms with van der Waals surface area (Å²) < 4.78 is 18.2. The Hall–Kier alpha value is -10.2. The number of primary amides is 2. The zero-order chi connectivity index (χ0) is 63.6. The van der Waals surface area contributed by atoms with Crippen molar-refractivity contribution in [2.45, 2.75) is 94.2 Å². The van der Waals surface area contributed by atoms with Crippen LogP contribution in [0.3, 0.4) is 0 Å². The van der Waals surface area contributed by atoms with Gasteiger partial charge in [0.15, 0.2) is 0 Å². The molecule has 0 radical (unpaired) electrons. The first-order chi connectivity index (χ1) is 42.9. The van der Waals surface area contributed by atoms with Gasteiger partial charge in [-0.1, -0.05) is 188 Å². The van der Waals surface area contributed by atoms with Crippen LogP contribution >= 0.6 is 0 Å². The van der Waals surface area contributed by atoms with Crippen molar-refractivity contribution in [3.8, 4) is 22.3 Å². The van der Waals surface area contributed by atoms with Crippen LogP contribution in [-0.2, 0) is 48.6 Å². The lowest BCUT2D eigenvalue weighted by Gasteiger charge is -2.36. The predicted octanol–water partition coefficient (Wildman–Crippen LogP) is 6.56. The molecule has 0 bridgehead atoms. The van der Waals surface area contributed by atoms with E-state index in [1.807, 2.05) is 176 Å². The quantitative estimate of drug-likeness (QED) is 0.0275. The van der Waals surface area contributed by atoms with Gasteiger partial charge in [0, 0.05) is 24.9 Å². The van der Waals surface area contributed by atoms with Gasteiger partial charge in [-0.05, 0) is 95.3 Å². The number of aliphatic hydroxyl groups is 1. The smallest absolute Gasteiger partial charge is 0.407 e. The van der Waals surface area contributed by atoms with E-state index >= 15 is 0 Å². The molecule has 0 fully saturated rings. The molecule has 9 rings (SSSR count). The van der Waals surface area contributed by atoms with E-state index in [2.05, 4.69) is 44.0 Å². The molecule has 462 valence electrons. The standard InChI is InChI=1S/C44H44N4O6.C25H30N4O6/c1-29(40(45)49)46-41(50)30(2)47-42(51)39(48-43(52)53-28-38-36-24-14-12-22-34(36)35-23-13-15-25-37(35)38)26-27-54-44(31-16-6-3-7-17-31,32-18-8-4-9-19-32)33-20-10-5-11-21-33;1-14(22(26)31)27-23(32)15(2)28-24(33)21(11-12-30)29-25(34)35-13-20-18-9-5-3-7-16(18)17-8-4-6-10-19(17)20/h3-25,29-30,38-39H,26-28H2,1-2H3,(H2,45,49)(H,46,50)(H,47,51)(H,48,52);3-10,14-15,20-21,30H,11-13H2,1-2H3,(H2,26,31)(H,27,32)(H,28,33)(H,29,34). The molecule has 0 aromatic heterocycles. The van der Waals surface area contributed by atoms with E-state index in [-0.39, 0.29) is 51.1 Å². The van der Waals surface area contributed by atoms with Gasteiger partial charge in [-0.25, -0.2) is 9.59 Å². The number of benzene rings is 7. The van der Waals surface area contributed by atoms with Crippen molar-refractivity contribution < 1.29 is 57.7 Å². The first kappa shape index (κ1) is 64.8. The first-order valence-electron chi connectivity index (χ1n) is 29.4. The molecule has 0 spiro atoms. The molecule has 2 aliphatic rings. The van der Waals surface area contributed by atoms with Gasteiger partial charge in [0.1, 0.15) is 55.1 Å². The second-order valence-electron chi connectivity index (χ2n) is 21.7. The van der Waals surface area contributed by atoms with Crippen LogP contribution in [0.2, 0.25) is 0 Å². The summed E-state index contributed by atoms with van der Waals surface area (Å²) >= 11 is 0. The highest BCUT2D eigenvalue weighted by molar-refractivity contribution is 5.94. The minimum atomic E-state index is -1.16. The van der Waals surface area contributed by atoms with Crippen LogP contribution in [0.4, 0.5) is 9.59 Å². The molecule has 0 saturated heterocycles. The van der Waals surface area contributed by atoms with E-state index in [0.717, 1.165) is 61.2 Å². The van der Waals surface area contributed by atoms with Crippen molar-refractivity contribution in [3.05, 3.63) is 227 Å². The van der Waals surface area contributed by atoms with Crippen LogP contribution in [-0.4, -0.2) is 115 Å². The zero-order valence-corrected chi connectivity index (χ0v) is 49.9. The van der Waals surface area contributed by atoms with Crippen LogP contribution in [0.15, 0.2) is 188 Å². The van der Waals surface area contributed by atoms with E-state index in [0.29, 0.717) is 0 Å². The van der Waals surface area contributed by atoms with Gasteiger partial charge in [0.25, 0.3) is 0 Å². The van der Waals surface area contributed by atoms with E-state index < -0.39 is 89.5 Å². The fourth-order valence-electron chi connectivity index (χ4n) is 10.9. The first-order valence-corrected chi connectivity index (χ1v) is 29.4. The summed E-state index contributed by atoms with van der Waals surface area (Å²) in [6, 6.07) is 55.1. The molecule has 7 aromatic rings. The van der Waals surface area contributed by atoms with Crippen molar-refractivity contribution in [1.82, 2.24) is 31.9 Å². The summed E-state index contributed by atoms with van der Waals surface area (Å²) in [5, 5.41) is 24.5. The van der Waals surface area contributed by atoms with Crippen molar-refractivity contribution in [1.29, 1.82) is 0 Å². The Morgan fingerprint density at radius 2 is 0.697 bits per heavy atom. The van der Waals surface area contributed by atoms with E-state index in [9.17, 15) is 43.5 Å². The third-order valence-electron chi connectivity index (χ3n) is 15.7. The second kappa shape index (κ2) is 30.4. The number of hydrogen-bond acceptors (Lipinski definition) is 12. The van der Waals surface area contributed by atoms with Crippen LogP contribution in [0.1, 0.15) is 91.3 Å². The van der Waals surface area contributed by atoms with Crippen LogP contribution in [0.5, 0.6) is 0 Å². The second-order valence-corrected chi connectivity index (χ2v) is 21.7. The number of nitrogens with two attached hydrogens (primary N) is 2. The monoisotopic (exact) mass is 1210 g/mol. The summed E-state index contributed by atoms with van der Waals surface area (Å²) in [5.41, 5.74) is 20.6. The van der Waals surface area contributed by atoms with Gasteiger partial charge in [0.05, 0.1) is 6.61 Å². The zero-order valence-electron chi connectivity index (χ0n) is 49.9. The Balaban J connectivity index is 0.000000253. The van der Waals surface area contributed by atoms with Crippen molar-refractivity contribution >= 4 is 47.6 Å². The van der Waals surface area contributed by atoms with Gasteiger partial charge in [-0.2, -0.15) is 0 Å². The molecule has 2 aliphatic carbocycles. The molecule has 11 N–H and O–H groups in total. The average Bonchev–Trinajstić information content (AvgIpc) is 2.47. The maximum Gasteiger partial charge on any atom is 0.407 e. The number of nitrogens with one attached hydrogen (secondary N) is 6. The maximum atomic E-state index is 13.9. The number of fused-ring (bicyclic) bond motifs is 6. The summed E-state index contributed by atoms with van der Waals surface area (Å²) in [6.07, 6.45) is -1.67. The molecule has 20 heteroatoms. The fraction of sp³-hybridized carbons (Fsp3) is 0.275. The minimum Gasteiger partial charge on any atom is -0.449 e. The lowest BCUT2D eigenvalue weighted by Crippen LogP contribution is -2.55. The number of carbonyl (C=O) groups is 8. The molecule has 0 aliphatic heterocycles. The van der Waals surface area contributed by atoms with Gasteiger partial charge in [-0.15, -0.1) is 0 Å². The van der Waals surface area contributed by atoms with Crippen LogP contribution in [0.25, 0.3) is 22.3 Å². The van der Waals surface area contributed by atoms with E-state index in [1.54, 1.807) is 0 Å². The average molecular weight is 1210 g/mol. The van der Waals surface area contributed by atoms with Crippen LogP contribution < -0.4 is 43.4 Å². The van der Waals surface area contributed by atoms with Gasteiger partial charge in [-0.3, -0.25) is 28.8 Å². The molecule has 6 unspecified atom stereocenters. The Morgan fingerprint density at radius 1 is 0.404 bits per heavy atom. The summed E-state index contributed by atoms with van der Waals surface area (Å²) in [4.78, 5) is 100. The lowest BCUT2D eigenvalue weighted by atomic mass is 9.80. The van der Waals surface area contributed by atoms with E-state index in [1.165, 1.54) is 27.7 Å². The summed E-state index contributed by atoms with van der Waals surface area (Å²) in [5.74, 6) is -4.30. The number of rotatable bonds is 25. The summed E-state index contributed by atoms with van der Waals surface area (Å²) in [6.45, 7) is 5.52. The molecule has 8 amide bonds. The molecule has 6 atom stereocenters. The number of aliphatic hydroxyl groups excluding tert-OH is 1. The number of hydrogen-bond donors (Lipinski definition) is 9. The molecule has 89 heavy (non-hydrogen) atoms. The van der Waals surface area contributed by atoms with Gasteiger partial charge in [0.2, 0.25) is 35.4 Å². The molecule has 0 saturated carbocycles. The molecule has 20 nitrogen and oxygen atoms in total. The van der Waals surface area contributed by atoms with Gasteiger partial charge < -0.3 is 62.7 Å². The van der Waals surface area contributed by atoms with Crippen molar-refractivity contribution in [2.75, 3.05) is 26.4 Å². The summed E-state index contributed by atoms with van der Waals surface area (Å²) in [7, 11) is 0. The Kier molecular flexibility index (Phi) is 22.2. The predicted molar refractivity (Wildman–Crippen MR) is 334 cm³/mol. The highest BCUT2D eigenvalue weighted by Gasteiger charge is 2.39. The Bertz CT molecular complexity index is 3440. The highest BCUT2D eigenvalue weighted by atomic mass is 16.6. The van der Waals surface area contributed by atoms with Crippen molar-refractivity contribution in [2.24, 2.45) is 11.5 Å². The normalized spacial score (nSPS) is 14.1. The Morgan fingerprint density at radius 3 is 1.01 bits per heavy atom. The molecule has 7 aromatic carbocycles. The third kappa shape index (κ3) is 15.9. The third-order valence-corrected chi connectivity index (χ3v) is 15.7. The topological polar surface area (TPSA) is 309 Å². The SMILES string of the molecule is CC(NC(=O)C(C)NC(=O)C(CCO)NC(=O)OCC1c2ccccc2-c2ccccc21)C(N)=O.CC(NC(=O)C(C)NC(=O)C(CCOC(c1ccccc1)(c1ccccc1)c1ccccc1)NC(=O)OCC1c2ccccc2-c2ccccc21)C(N)=O. The minimum absolute atomic E-state index is 0.0136. The van der Waals surface area contributed by atoms with Crippen molar-refractivity contribution in [3.63, 3.8) is 0 Å². The molecular formula is C69H74N8O12. The molecule has 0 heterocycles. The fourth-order valence-corrected chi connectivity index (χ4v) is 10.9. The maximum absolute atomic E-state index is 13.9. The number of amides is 8. The number of carbonyl (C=O) groups excluding carboxylic acids is 8. The van der Waals surface area contributed by atoms with E-state index in [4.69, 9.17) is 25.7 Å². The highest BCUT2D eigenvalue weighted by Crippen LogP contribution is 2.46. The molecular weight excluding hydrogens is 1130 g/mol. The number of alkyl carbamates (subject to hydrolysis) is 2. The largest absolute Gasteiger partial charge is 0.449 e. The number of ether oxygens (including phenoxy) is 3. The van der Waals surface area contributed by atoms with Gasteiger partial charge >= 0.3 is 12.2 Å².